The van der Waals surface area contributed by atoms with Crippen LogP contribution in [0.25, 0.3) is 0 Å². The van der Waals surface area contributed by atoms with Gasteiger partial charge in [0.1, 0.15) is 0 Å². The lowest BCUT2D eigenvalue weighted by Crippen LogP contribution is -2.22. The summed E-state index contributed by atoms with van der Waals surface area (Å²) in [5, 5.41) is 3.21. The maximum atomic E-state index is 8.98. The predicted octanol–water partition coefficient (Wildman–Crippen LogP) is -0.729. The van der Waals surface area contributed by atoms with E-state index in [1.807, 2.05) is 6.55 Å². The average molecular weight is 162 g/mol. The van der Waals surface area contributed by atoms with E-state index in [0.717, 1.165) is 32.1 Å². The lowest BCUT2D eigenvalue weighted by Gasteiger charge is -2.03. The van der Waals surface area contributed by atoms with Gasteiger partial charge >= 0.3 is 0 Å². The average Bonchev–Trinajstić information content (AvgIpc) is 1.87. The maximum Gasteiger partial charge on any atom is 0.170 e. The third-order valence-electron chi connectivity index (χ3n) is 1.30. The number of nitrogens with one attached hydrogen (secondary N) is 1. The van der Waals surface area contributed by atoms with Crippen molar-refractivity contribution in [3.63, 3.8) is 0 Å². The first kappa shape index (κ1) is 10.1. The van der Waals surface area contributed by atoms with Crippen molar-refractivity contribution in [2.75, 3.05) is 19.6 Å². The zero-order chi connectivity index (χ0) is 7.82. The summed E-state index contributed by atoms with van der Waals surface area (Å²) in [7, 11) is -1.32. The Kier molecular flexibility index (Phi) is 7.28. The third kappa shape index (κ3) is 8.10. The molecule has 0 aliphatic heterocycles. The molecule has 0 rings (SSSR count). The molecule has 62 valence electrons. The van der Waals surface area contributed by atoms with Gasteiger partial charge in [-0.25, -0.2) is 0 Å². The molecule has 0 bridgehead atoms. The number of hydrogen-bond acceptors (Lipinski definition) is 3. The zero-order valence-electron chi connectivity index (χ0n) is 6.64. The quantitative estimate of drug-likeness (QED) is 0.356. The van der Waals surface area contributed by atoms with Crippen molar-refractivity contribution in [3.8, 4) is 0 Å². The first-order valence-electron chi connectivity index (χ1n) is 3.86. The Morgan fingerprint density at radius 1 is 1.50 bits per heavy atom. The van der Waals surface area contributed by atoms with Crippen LogP contribution in [0.2, 0.25) is 12.6 Å². The number of hydrogen-bond donors (Lipinski definition) is 3. The van der Waals surface area contributed by atoms with Crippen molar-refractivity contribution >= 4 is 9.04 Å². The van der Waals surface area contributed by atoms with Crippen molar-refractivity contribution in [3.05, 3.63) is 0 Å². The van der Waals surface area contributed by atoms with E-state index in [0.29, 0.717) is 0 Å². The number of nitrogens with two attached hydrogens (primary N) is 1. The van der Waals surface area contributed by atoms with Crippen LogP contribution in [0.3, 0.4) is 0 Å². The number of rotatable bonds is 6. The maximum absolute atomic E-state index is 8.98. The van der Waals surface area contributed by atoms with Crippen LogP contribution in [-0.4, -0.2) is 33.5 Å². The molecular formula is C6H18N2OSi. The molecule has 0 saturated heterocycles. The van der Waals surface area contributed by atoms with Crippen molar-refractivity contribution < 1.29 is 4.80 Å². The van der Waals surface area contributed by atoms with Gasteiger partial charge in [0, 0.05) is 0 Å². The molecule has 0 aromatic carbocycles. The van der Waals surface area contributed by atoms with Crippen molar-refractivity contribution in [1.29, 1.82) is 0 Å². The van der Waals surface area contributed by atoms with Crippen LogP contribution in [0.4, 0.5) is 0 Å². The molecule has 0 saturated carbocycles. The fraction of sp³-hybridized carbons (Fsp3) is 1.00. The highest BCUT2D eigenvalue weighted by atomic mass is 28.3. The van der Waals surface area contributed by atoms with Crippen molar-refractivity contribution in [2.45, 2.75) is 19.0 Å². The van der Waals surface area contributed by atoms with Crippen molar-refractivity contribution in [2.24, 2.45) is 5.73 Å². The molecule has 0 radical (unpaired) electrons. The Hall–Kier alpha value is 0.0969. The Morgan fingerprint density at radius 3 is 2.70 bits per heavy atom. The van der Waals surface area contributed by atoms with E-state index in [4.69, 9.17) is 10.5 Å². The van der Waals surface area contributed by atoms with Crippen LogP contribution < -0.4 is 11.1 Å². The first-order valence-corrected chi connectivity index (χ1v) is 6.35. The van der Waals surface area contributed by atoms with E-state index in [1.165, 1.54) is 0 Å². The highest BCUT2D eigenvalue weighted by Crippen LogP contribution is 1.83. The topological polar surface area (TPSA) is 58.3 Å². The SMILES string of the molecule is C[SiH](O)CCNCCCN. The Balaban J connectivity index is 2.77. The van der Waals surface area contributed by atoms with E-state index in [2.05, 4.69) is 5.32 Å². The summed E-state index contributed by atoms with van der Waals surface area (Å²) in [6, 6.07) is 0.963. The van der Waals surface area contributed by atoms with Gasteiger partial charge in [-0.2, -0.15) is 0 Å². The minimum Gasteiger partial charge on any atom is -0.435 e. The van der Waals surface area contributed by atoms with Gasteiger partial charge in [-0.3, -0.25) is 0 Å². The van der Waals surface area contributed by atoms with Crippen LogP contribution in [0.1, 0.15) is 6.42 Å². The molecule has 4 N–H and O–H groups in total. The molecule has 1 atom stereocenters. The minimum absolute atomic E-state index is 0.749. The highest BCUT2D eigenvalue weighted by Gasteiger charge is 1.95. The van der Waals surface area contributed by atoms with Crippen LogP contribution in [0, 0.1) is 0 Å². The lowest BCUT2D eigenvalue weighted by molar-refractivity contribution is 0.567. The summed E-state index contributed by atoms with van der Waals surface area (Å²) in [4.78, 5) is 8.98. The second-order valence-corrected chi connectivity index (χ2v) is 4.81. The van der Waals surface area contributed by atoms with Gasteiger partial charge < -0.3 is 15.8 Å². The van der Waals surface area contributed by atoms with E-state index in [9.17, 15) is 0 Å². The third-order valence-corrected chi connectivity index (χ3v) is 2.42. The lowest BCUT2D eigenvalue weighted by atomic mass is 10.4. The first-order chi connectivity index (χ1) is 4.77. The van der Waals surface area contributed by atoms with E-state index >= 15 is 0 Å². The van der Waals surface area contributed by atoms with Crippen LogP contribution in [0.5, 0.6) is 0 Å². The fourth-order valence-electron chi connectivity index (χ4n) is 0.663. The molecule has 0 fully saturated rings. The Morgan fingerprint density at radius 2 is 2.20 bits per heavy atom. The van der Waals surface area contributed by atoms with E-state index in [-0.39, 0.29) is 0 Å². The summed E-state index contributed by atoms with van der Waals surface area (Å²) in [6.45, 7) is 4.62. The Labute approximate surface area is 64.3 Å². The molecule has 0 aliphatic carbocycles. The standard InChI is InChI=1S/C6H18N2OSi/c1-10(9)6-5-8-4-2-3-7/h8-10H,2-7H2,1H3. The largest absolute Gasteiger partial charge is 0.435 e. The molecule has 0 aliphatic rings. The molecule has 4 heteroatoms. The normalized spacial score (nSPS) is 13.5. The van der Waals surface area contributed by atoms with E-state index < -0.39 is 9.04 Å². The summed E-state index contributed by atoms with van der Waals surface area (Å²) >= 11 is 0. The minimum atomic E-state index is -1.32. The van der Waals surface area contributed by atoms with Crippen LogP contribution >= 0.6 is 0 Å². The molecule has 0 aromatic heterocycles. The fourth-order valence-corrected chi connectivity index (χ4v) is 1.28. The van der Waals surface area contributed by atoms with Gasteiger partial charge in [-0.05, 0) is 38.6 Å². The summed E-state index contributed by atoms with van der Waals surface area (Å²) in [6.07, 6.45) is 1.03. The summed E-state index contributed by atoms with van der Waals surface area (Å²) in [5.41, 5.74) is 5.29. The summed E-state index contributed by atoms with van der Waals surface area (Å²) < 4.78 is 0. The highest BCUT2D eigenvalue weighted by molar-refractivity contribution is 6.48. The molecule has 3 nitrogen and oxygen atoms in total. The molecule has 0 amide bonds. The monoisotopic (exact) mass is 162 g/mol. The second-order valence-electron chi connectivity index (χ2n) is 2.53. The summed E-state index contributed by atoms with van der Waals surface area (Å²) in [5.74, 6) is 0. The molecule has 0 aromatic rings. The Bertz CT molecular complexity index is 70.8. The predicted molar refractivity (Wildman–Crippen MR) is 46.6 cm³/mol. The van der Waals surface area contributed by atoms with E-state index in [1.54, 1.807) is 0 Å². The van der Waals surface area contributed by atoms with Crippen LogP contribution in [0.15, 0.2) is 0 Å². The van der Waals surface area contributed by atoms with Crippen LogP contribution in [-0.2, 0) is 0 Å². The second kappa shape index (κ2) is 7.21. The van der Waals surface area contributed by atoms with Gasteiger partial charge in [0.15, 0.2) is 9.04 Å². The van der Waals surface area contributed by atoms with Crippen molar-refractivity contribution in [1.82, 2.24) is 5.32 Å². The molecule has 0 heterocycles. The van der Waals surface area contributed by atoms with Gasteiger partial charge in [0.05, 0.1) is 0 Å². The van der Waals surface area contributed by atoms with Gasteiger partial charge in [-0.1, -0.05) is 0 Å². The molecular weight excluding hydrogens is 144 g/mol. The van der Waals surface area contributed by atoms with Gasteiger partial charge in [0.2, 0.25) is 0 Å². The smallest absolute Gasteiger partial charge is 0.170 e. The molecule has 10 heavy (non-hydrogen) atoms. The van der Waals surface area contributed by atoms with Gasteiger partial charge in [-0.15, -0.1) is 0 Å². The van der Waals surface area contributed by atoms with Gasteiger partial charge in [0.25, 0.3) is 0 Å². The molecule has 0 spiro atoms. The zero-order valence-corrected chi connectivity index (χ0v) is 7.79. The molecule has 1 unspecified atom stereocenters.